The molecule has 0 N–H and O–H groups in total. The maximum absolute atomic E-state index is 12.6. The number of carbonyl (C=O) groups is 2. The smallest absolute Gasteiger partial charge is 0.416 e. The van der Waals surface area contributed by atoms with Gasteiger partial charge in [-0.05, 0) is 36.4 Å². The van der Waals surface area contributed by atoms with Gasteiger partial charge in [0, 0.05) is 5.56 Å². The Kier molecular flexibility index (Phi) is 4.35. The van der Waals surface area contributed by atoms with E-state index in [9.17, 15) is 22.8 Å². The molecule has 5 nitrogen and oxygen atoms in total. The maximum Gasteiger partial charge on any atom is 0.416 e. The van der Waals surface area contributed by atoms with Gasteiger partial charge in [0.2, 0.25) is 6.79 Å². The van der Waals surface area contributed by atoms with E-state index in [2.05, 4.69) is 0 Å². The molecular formula is C17H11F3O5. The van der Waals surface area contributed by atoms with Crippen molar-refractivity contribution in [1.82, 2.24) is 0 Å². The second-order valence-corrected chi connectivity index (χ2v) is 5.15. The lowest BCUT2D eigenvalue weighted by Gasteiger charge is -2.09. The number of Topliss-reactive ketones (excluding diaryl/α,β-unsaturated/α-hetero) is 1. The first kappa shape index (κ1) is 16.8. The molecule has 0 aromatic heterocycles. The zero-order valence-electron chi connectivity index (χ0n) is 12.6. The number of fused-ring (bicyclic) bond motifs is 1. The molecule has 25 heavy (non-hydrogen) atoms. The fraction of sp³-hybridized carbons (Fsp3) is 0.176. The minimum atomic E-state index is -4.57. The number of halogens is 3. The average molecular weight is 352 g/mol. The van der Waals surface area contributed by atoms with Crippen LogP contribution in [-0.2, 0) is 10.9 Å². The molecule has 8 heteroatoms. The van der Waals surface area contributed by atoms with Gasteiger partial charge in [-0.1, -0.05) is 6.07 Å². The molecule has 0 aliphatic carbocycles. The summed E-state index contributed by atoms with van der Waals surface area (Å²) >= 11 is 0. The number of carbonyl (C=O) groups excluding carboxylic acids is 2. The number of rotatable bonds is 4. The van der Waals surface area contributed by atoms with Crippen LogP contribution in [0.2, 0.25) is 0 Å². The highest BCUT2D eigenvalue weighted by molar-refractivity contribution is 5.99. The third-order valence-electron chi connectivity index (χ3n) is 3.45. The second kappa shape index (κ2) is 6.46. The van der Waals surface area contributed by atoms with E-state index in [-0.39, 0.29) is 17.9 Å². The molecule has 3 rings (SSSR count). The van der Waals surface area contributed by atoms with Crippen molar-refractivity contribution in [2.45, 2.75) is 6.18 Å². The van der Waals surface area contributed by atoms with Gasteiger partial charge in [-0.2, -0.15) is 13.2 Å². The molecule has 0 fully saturated rings. The number of benzene rings is 2. The standard InChI is InChI=1S/C17H11F3O5/c18-17(19,20)12-3-1-2-11(6-12)16(22)23-8-13(21)10-4-5-14-15(7-10)25-9-24-14/h1-7H,8-9H2. The molecule has 1 heterocycles. The fourth-order valence-electron chi connectivity index (χ4n) is 2.19. The van der Waals surface area contributed by atoms with Crippen molar-refractivity contribution in [2.24, 2.45) is 0 Å². The monoisotopic (exact) mass is 352 g/mol. The summed E-state index contributed by atoms with van der Waals surface area (Å²) in [5.41, 5.74) is -1.02. The summed E-state index contributed by atoms with van der Waals surface area (Å²) in [7, 11) is 0. The van der Waals surface area contributed by atoms with Gasteiger partial charge in [0.25, 0.3) is 0 Å². The van der Waals surface area contributed by atoms with E-state index in [4.69, 9.17) is 14.2 Å². The zero-order valence-corrected chi connectivity index (χ0v) is 12.6. The summed E-state index contributed by atoms with van der Waals surface area (Å²) in [6.07, 6.45) is -4.57. The molecule has 0 saturated carbocycles. The van der Waals surface area contributed by atoms with Crippen LogP contribution in [-0.4, -0.2) is 25.2 Å². The Morgan fingerprint density at radius 3 is 2.52 bits per heavy atom. The molecule has 130 valence electrons. The van der Waals surface area contributed by atoms with Crippen molar-refractivity contribution < 1.29 is 37.0 Å². The summed E-state index contributed by atoms with van der Waals surface area (Å²) in [4.78, 5) is 23.9. The van der Waals surface area contributed by atoms with Crippen LogP contribution in [0.1, 0.15) is 26.3 Å². The minimum absolute atomic E-state index is 0.0531. The van der Waals surface area contributed by atoms with Crippen LogP contribution in [0, 0.1) is 0 Å². The lowest BCUT2D eigenvalue weighted by Crippen LogP contribution is -2.15. The maximum atomic E-state index is 12.6. The van der Waals surface area contributed by atoms with Crippen LogP contribution in [0.25, 0.3) is 0 Å². The molecule has 0 atom stereocenters. The Balaban J connectivity index is 1.65. The summed E-state index contributed by atoms with van der Waals surface area (Å²) in [6.45, 7) is -0.549. The molecule has 0 unspecified atom stereocenters. The third kappa shape index (κ3) is 3.73. The van der Waals surface area contributed by atoms with E-state index >= 15 is 0 Å². The Bertz CT molecular complexity index is 829. The Hall–Kier alpha value is -3.03. The predicted molar refractivity (Wildman–Crippen MR) is 78.6 cm³/mol. The summed E-state index contributed by atoms with van der Waals surface area (Å²) in [5, 5.41) is 0. The van der Waals surface area contributed by atoms with E-state index in [1.165, 1.54) is 18.2 Å². The summed E-state index contributed by atoms with van der Waals surface area (Å²) < 4.78 is 53.0. The Morgan fingerprint density at radius 1 is 1.00 bits per heavy atom. The first-order chi connectivity index (χ1) is 11.8. The van der Waals surface area contributed by atoms with E-state index in [0.29, 0.717) is 17.6 Å². The molecule has 0 spiro atoms. The number of esters is 1. The quantitative estimate of drug-likeness (QED) is 0.623. The van der Waals surface area contributed by atoms with Crippen molar-refractivity contribution in [3.8, 4) is 11.5 Å². The van der Waals surface area contributed by atoms with Gasteiger partial charge in [0.15, 0.2) is 23.9 Å². The van der Waals surface area contributed by atoms with Crippen LogP contribution in [0.15, 0.2) is 42.5 Å². The van der Waals surface area contributed by atoms with Gasteiger partial charge in [-0.3, -0.25) is 4.79 Å². The van der Waals surface area contributed by atoms with Gasteiger partial charge < -0.3 is 14.2 Å². The van der Waals surface area contributed by atoms with Gasteiger partial charge in [0.05, 0.1) is 11.1 Å². The van der Waals surface area contributed by atoms with Crippen molar-refractivity contribution >= 4 is 11.8 Å². The summed E-state index contributed by atoms with van der Waals surface area (Å²) in [6, 6.07) is 8.27. The fourth-order valence-corrected chi connectivity index (χ4v) is 2.19. The van der Waals surface area contributed by atoms with E-state index < -0.39 is 30.1 Å². The van der Waals surface area contributed by atoms with Crippen LogP contribution in [0.5, 0.6) is 11.5 Å². The predicted octanol–water partition coefficient (Wildman–Crippen LogP) is 3.47. The molecular weight excluding hydrogens is 341 g/mol. The van der Waals surface area contributed by atoms with Crippen molar-refractivity contribution in [3.05, 3.63) is 59.2 Å². The SMILES string of the molecule is O=C(COC(=O)c1cccc(C(F)(F)F)c1)c1ccc2c(c1)OCO2. The number of ketones is 1. The minimum Gasteiger partial charge on any atom is -0.454 e. The molecule has 1 aliphatic heterocycles. The van der Waals surface area contributed by atoms with Crippen LogP contribution in [0.3, 0.4) is 0 Å². The van der Waals surface area contributed by atoms with Crippen molar-refractivity contribution in [1.29, 1.82) is 0 Å². The average Bonchev–Trinajstić information content (AvgIpc) is 3.06. The highest BCUT2D eigenvalue weighted by Crippen LogP contribution is 2.32. The Morgan fingerprint density at radius 2 is 1.76 bits per heavy atom. The lowest BCUT2D eigenvalue weighted by atomic mass is 10.1. The van der Waals surface area contributed by atoms with Crippen molar-refractivity contribution in [3.63, 3.8) is 0 Å². The molecule has 1 aliphatic rings. The van der Waals surface area contributed by atoms with E-state index in [1.807, 2.05) is 0 Å². The first-order valence-electron chi connectivity index (χ1n) is 7.12. The highest BCUT2D eigenvalue weighted by Gasteiger charge is 2.31. The van der Waals surface area contributed by atoms with Crippen LogP contribution < -0.4 is 9.47 Å². The molecule has 0 bridgehead atoms. The third-order valence-corrected chi connectivity index (χ3v) is 3.45. The van der Waals surface area contributed by atoms with Crippen molar-refractivity contribution in [2.75, 3.05) is 13.4 Å². The lowest BCUT2D eigenvalue weighted by molar-refractivity contribution is -0.137. The van der Waals surface area contributed by atoms with Crippen LogP contribution >= 0.6 is 0 Å². The number of alkyl halides is 3. The van der Waals surface area contributed by atoms with Gasteiger partial charge in [0.1, 0.15) is 0 Å². The zero-order chi connectivity index (χ0) is 18.0. The highest BCUT2D eigenvalue weighted by atomic mass is 19.4. The number of hydrogen-bond acceptors (Lipinski definition) is 5. The largest absolute Gasteiger partial charge is 0.454 e. The topological polar surface area (TPSA) is 61.8 Å². The first-order valence-corrected chi connectivity index (χ1v) is 7.12. The normalized spacial score (nSPS) is 12.8. The van der Waals surface area contributed by atoms with Gasteiger partial charge in [-0.25, -0.2) is 4.79 Å². The molecule has 0 saturated heterocycles. The van der Waals surface area contributed by atoms with E-state index in [0.717, 1.165) is 12.1 Å². The molecule has 2 aromatic carbocycles. The van der Waals surface area contributed by atoms with Gasteiger partial charge >= 0.3 is 12.1 Å². The summed E-state index contributed by atoms with van der Waals surface area (Å²) in [5.74, 6) is -0.633. The number of ether oxygens (including phenoxy) is 3. The molecule has 0 amide bonds. The van der Waals surface area contributed by atoms with E-state index in [1.54, 1.807) is 6.07 Å². The molecule has 2 aromatic rings. The molecule has 0 radical (unpaired) electrons. The number of hydrogen-bond donors (Lipinski definition) is 0. The van der Waals surface area contributed by atoms with Gasteiger partial charge in [-0.15, -0.1) is 0 Å². The van der Waals surface area contributed by atoms with Crippen LogP contribution in [0.4, 0.5) is 13.2 Å². The Labute approximate surface area is 139 Å². The second-order valence-electron chi connectivity index (χ2n) is 5.15.